The van der Waals surface area contributed by atoms with E-state index in [1.165, 1.54) is 18.2 Å². The zero-order valence-corrected chi connectivity index (χ0v) is 10.5. The Hall–Kier alpha value is -1.62. The number of carboxylic acids is 1. The molecule has 0 heterocycles. The lowest BCUT2D eigenvalue weighted by molar-refractivity contribution is -0.145. The van der Waals surface area contributed by atoms with Crippen LogP contribution in [0.1, 0.15) is 38.3 Å². The lowest BCUT2D eigenvalue weighted by atomic mass is 10.1. The summed E-state index contributed by atoms with van der Waals surface area (Å²) in [5.41, 5.74) is 5.97. The Morgan fingerprint density at radius 3 is 2.67 bits per heavy atom. The van der Waals surface area contributed by atoms with Crippen LogP contribution in [0.4, 0.5) is 4.39 Å². The minimum Gasteiger partial charge on any atom is -0.479 e. The SMILES string of the molecule is CCCC(Oc1ccc([C@@H](C)N)c(F)c1)C(=O)O. The molecule has 0 aliphatic heterocycles. The average molecular weight is 255 g/mol. The van der Waals surface area contributed by atoms with Gasteiger partial charge in [0.25, 0.3) is 0 Å². The summed E-state index contributed by atoms with van der Waals surface area (Å²) in [6, 6.07) is 3.81. The molecule has 1 unspecified atom stereocenters. The van der Waals surface area contributed by atoms with Crippen LogP contribution in [0.25, 0.3) is 0 Å². The van der Waals surface area contributed by atoms with Gasteiger partial charge in [-0.05, 0) is 19.4 Å². The Bertz CT molecular complexity index is 421. The van der Waals surface area contributed by atoms with Crippen LogP contribution in [0.15, 0.2) is 18.2 Å². The molecule has 0 saturated carbocycles. The normalized spacial score (nSPS) is 14.0. The van der Waals surface area contributed by atoms with E-state index in [2.05, 4.69) is 0 Å². The Morgan fingerprint density at radius 1 is 1.56 bits per heavy atom. The first-order chi connectivity index (χ1) is 8.45. The zero-order chi connectivity index (χ0) is 13.7. The number of nitrogens with two attached hydrogens (primary N) is 1. The van der Waals surface area contributed by atoms with Crippen molar-refractivity contribution in [1.29, 1.82) is 0 Å². The first kappa shape index (κ1) is 14.4. The largest absolute Gasteiger partial charge is 0.479 e. The second kappa shape index (κ2) is 6.35. The zero-order valence-electron chi connectivity index (χ0n) is 10.5. The molecule has 0 aliphatic rings. The van der Waals surface area contributed by atoms with Gasteiger partial charge < -0.3 is 15.6 Å². The number of aliphatic carboxylic acids is 1. The summed E-state index contributed by atoms with van der Waals surface area (Å²) in [6.07, 6.45) is 0.110. The number of hydrogen-bond acceptors (Lipinski definition) is 3. The molecular weight excluding hydrogens is 237 g/mol. The Labute approximate surface area is 106 Å². The molecule has 1 aromatic carbocycles. The van der Waals surface area contributed by atoms with Crippen molar-refractivity contribution in [3.63, 3.8) is 0 Å². The van der Waals surface area contributed by atoms with E-state index in [1.807, 2.05) is 6.92 Å². The van der Waals surface area contributed by atoms with E-state index in [4.69, 9.17) is 15.6 Å². The van der Waals surface area contributed by atoms with Crippen molar-refractivity contribution in [3.8, 4) is 5.75 Å². The lowest BCUT2D eigenvalue weighted by Crippen LogP contribution is -2.26. The van der Waals surface area contributed by atoms with Crippen LogP contribution in [0.2, 0.25) is 0 Å². The monoisotopic (exact) mass is 255 g/mol. The highest BCUT2D eigenvalue weighted by Gasteiger charge is 2.19. The molecule has 100 valence electrons. The third-order valence-corrected chi connectivity index (χ3v) is 2.57. The molecule has 0 bridgehead atoms. The first-order valence-corrected chi connectivity index (χ1v) is 5.90. The van der Waals surface area contributed by atoms with Crippen LogP contribution in [0.3, 0.4) is 0 Å². The van der Waals surface area contributed by atoms with E-state index >= 15 is 0 Å². The van der Waals surface area contributed by atoms with Crippen LogP contribution in [0.5, 0.6) is 5.75 Å². The third kappa shape index (κ3) is 3.70. The molecule has 0 spiro atoms. The summed E-state index contributed by atoms with van der Waals surface area (Å²) >= 11 is 0. The Morgan fingerprint density at radius 2 is 2.22 bits per heavy atom. The van der Waals surface area contributed by atoms with E-state index in [0.29, 0.717) is 18.4 Å². The van der Waals surface area contributed by atoms with Crippen LogP contribution < -0.4 is 10.5 Å². The predicted molar refractivity (Wildman–Crippen MR) is 66.0 cm³/mol. The van der Waals surface area contributed by atoms with Gasteiger partial charge in [-0.3, -0.25) is 0 Å². The molecule has 0 saturated heterocycles. The highest BCUT2D eigenvalue weighted by atomic mass is 19.1. The number of benzene rings is 1. The number of carboxylic acid groups (broad SMARTS) is 1. The highest BCUT2D eigenvalue weighted by Crippen LogP contribution is 2.22. The topological polar surface area (TPSA) is 72.5 Å². The van der Waals surface area contributed by atoms with Crippen molar-refractivity contribution < 1.29 is 19.0 Å². The molecule has 4 nitrogen and oxygen atoms in total. The summed E-state index contributed by atoms with van der Waals surface area (Å²) in [4.78, 5) is 10.9. The minimum atomic E-state index is -1.05. The fourth-order valence-electron chi connectivity index (χ4n) is 1.61. The van der Waals surface area contributed by atoms with Gasteiger partial charge in [0.05, 0.1) is 0 Å². The van der Waals surface area contributed by atoms with Crippen molar-refractivity contribution in [3.05, 3.63) is 29.6 Å². The molecule has 3 N–H and O–H groups in total. The number of hydrogen-bond donors (Lipinski definition) is 2. The predicted octanol–water partition coefficient (Wildman–Crippen LogP) is 2.48. The molecule has 2 atom stereocenters. The fourth-order valence-corrected chi connectivity index (χ4v) is 1.61. The maximum Gasteiger partial charge on any atom is 0.344 e. The van der Waals surface area contributed by atoms with Crippen molar-refractivity contribution in [1.82, 2.24) is 0 Å². The third-order valence-electron chi connectivity index (χ3n) is 2.57. The van der Waals surface area contributed by atoms with E-state index in [9.17, 15) is 9.18 Å². The molecule has 0 aromatic heterocycles. The molecule has 18 heavy (non-hydrogen) atoms. The number of rotatable bonds is 6. The van der Waals surface area contributed by atoms with E-state index in [-0.39, 0.29) is 5.75 Å². The maximum absolute atomic E-state index is 13.6. The second-order valence-electron chi connectivity index (χ2n) is 4.21. The van der Waals surface area contributed by atoms with Crippen LogP contribution in [-0.2, 0) is 4.79 Å². The van der Waals surface area contributed by atoms with Crippen molar-refractivity contribution in [2.24, 2.45) is 5.73 Å². The van der Waals surface area contributed by atoms with Gasteiger partial charge in [0.1, 0.15) is 11.6 Å². The van der Waals surface area contributed by atoms with Gasteiger partial charge in [-0.2, -0.15) is 0 Å². The van der Waals surface area contributed by atoms with Crippen molar-refractivity contribution >= 4 is 5.97 Å². The van der Waals surface area contributed by atoms with Gasteiger partial charge in [-0.15, -0.1) is 0 Å². The van der Waals surface area contributed by atoms with E-state index in [0.717, 1.165) is 0 Å². The van der Waals surface area contributed by atoms with Gasteiger partial charge in [-0.1, -0.05) is 19.4 Å². The molecule has 0 amide bonds. The molecular formula is C13H18FNO3. The maximum atomic E-state index is 13.6. The van der Waals surface area contributed by atoms with Gasteiger partial charge in [-0.25, -0.2) is 9.18 Å². The van der Waals surface area contributed by atoms with Gasteiger partial charge >= 0.3 is 5.97 Å². The molecule has 5 heteroatoms. The van der Waals surface area contributed by atoms with Crippen molar-refractivity contribution in [2.75, 3.05) is 0 Å². The summed E-state index contributed by atoms with van der Waals surface area (Å²) in [5, 5.41) is 8.94. The Kier molecular flexibility index (Phi) is 5.09. The number of ether oxygens (including phenoxy) is 1. The fraction of sp³-hybridized carbons (Fsp3) is 0.462. The summed E-state index contributed by atoms with van der Waals surface area (Å²) in [5.74, 6) is -1.32. The van der Waals surface area contributed by atoms with E-state index in [1.54, 1.807) is 6.92 Å². The van der Waals surface area contributed by atoms with Gasteiger partial charge in [0.2, 0.25) is 0 Å². The summed E-state index contributed by atoms with van der Waals surface area (Å²) < 4.78 is 18.9. The van der Waals surface area contributed by atoms with Gasteiger partial charge in [0, 0.05) is 17.7 Å². The molecule has 1 rings (SSSR count). The molecule has 1 aromatic rings. The number of carbonyl (C=O) groups is 1. The van der Waals surface area contributed by atoms with Crippen LogP contribution in [-0.4, -0.2) is 17.2 Å². The smallest absolute Gasteiger partial charge is 0.344 e. The summed E-state index contributed by atoms with van der Waals surface area (Å²) in [6.45, 7) is 3.54. The Balaban J connectivity index is 2.84. The lowest BCUT2D eigenvalue weighted by Gasteiger charge is -2.15. The highest BCUT2D eigenvalue weighted by molar-refractivity contribution is 5.72. The molecule has 0 fully saturated rings. The average Bonchev–Trinajstić information content (AvgIpc) is 2.27. The standard InChI is InChI=1S/C13H18FNO3/c1-3-4-12(13(16)17)18-9-5-6-10(8(2)15)11(14)7-9/h5-8,12H,3-4,15H2,1-2H3,(H,16,17)/t8-,12?/m1/s1. The molecule has 0 aliphatic carbocycles. The summed E-state index contributed by atoms with van der Waals surface area (Å²) in [7, 11) is 0. The second-order valence-corrected chi connectivity index (χ2v) is 4.21. The van der Waals surface area contributed by atoms with Crippen LogP contribution >= 0.6 is 0 Å². The van der Waals surface area contributed by atoms with Gasteiger partial charge in [0.15, 0.2) is 6.10 Å². The quantitative estimate of drug-likeness (QED) is 0.819. The number of halogens is 1. The molecule has 0 radical (unpaired) electrons. The van der Waals surface area contributed by atoms with Crippen LogP contribution in [0, 0.1) is 5.82 Å². The minimum absolute atomic E-state index is 0.206. The first-order valence-electron chi connectivity index (χ1n) is 5.90. The van der Waals surface area contributed by atoms with Crippen molar-refractivity contribution in [2.45, 2.75) is 38.8 Å². The van der Waals surface area contributed by atoms with E-state index < -0.39 is 23.9 Å².